The van der Waals surface area contributed by atoms with Crippen molar-refractivity contribution in [3.63, 3.8) is 0 Å². The zero-order valence-electron chi connectivity index (χ0n) is 15.5. The van der Waals surface area contributed by atoms with Gasteiger partial charge in [-0.05, 0) is 48.2 Å². The molecule has 1 aliphatic carbocycles. The number of carbonyl (C=O) groups is 1. The Kier molecular flexibility index (Phi) is 4.06. The lowest BCUT2D eigenvalue weighted by atomic mass is 9.93. The lowest BCUT2D eigenvalue weighted by Crippen LogP contribution is -2.31. The minimum Gasteiger partial charge on any atom is -0.338 e. The summed E-state index contributed by atoms with van der Waals surface area (Å²) in [5, 5.41) is 3.90. The number of likely N-dealkylation sites (tertiary alicyclic amines) is 1. The summed E-state index contributed by atoms with van der Waals surface area (Å²) in [7, 11) is 0. The number of anilines is 2. The molecule has 146 valence electrons. The first-order chi connectivity index (χ1) is 14.0. The van der Waals surface area contributed by atoms with E-state index in [4.69, 9.17) is 11.6 Å². The maximum absolute atomic E-state index is 14.3. The van der Waals surface area contributed by atoms with Crippen LogP contribution in [0, 0.1) is 11.7 Å². The van der Waals surface area contributed by atoms with E-state index < -0.39 is 5.82 Å². The molecule has 7 heteroatoms. The van der Waals surface area contributed by atoms with Gasteiger partial charge in [-0.15, -0.1) is 0 Å². The van der Waals surface area contributed by atoms with E-state index in [0.29, 0.717) is 18.3 Å². The van der Waals surface area contributed by atoms with E-state index >= 15 is 0 Å². The van der Waals surface area contributed by atoms with Gasteiger partial charge < -0.3 is 10.2 Å². The summed E-state index contributed by atoms with van der Waals surface area (Å²) in [6.45, 7) is 5.04. The molecule has 2 heterocycles. The fraction of sp³-hybridized carbons (Fsp3) is 0.227. The van der Waals surface area contributed by atoms with Crippen LogP contribution in [-0.4, -0.2) is 33.9 Å². The van der Waals surface area contributed by atoms with Crippen molar-refractivity contribution >= 4 is 39.9 Å². The van der Waals surface area contributed by atoms with Crippen LogP contribution in [0.1, 0.15) is 12.0 Å². The highest BCUT2D eigenvalue weighted by Crippen LogP contribution is 2.59. The monoisotopic (exact) mass is 408 g/mol. The molecule has 1 aliphatic heterocycles. The second-order valence-electron chi connectivity index (χ2n) is 7.66. The standard InChI is InChI=1S/C22H18ClFN4O/c1-2-19(29)28-10-14-9-22(14,11-28)13-6-7-17-15(8-13)21(26-12-25-17)27-18-5-3-4-16(23)20(18)24/h2-8,12,14H,1,9-11H2,(H,25,26,27). The molecule has 3 aromatic rings. The molecule has 2 fully saturated rings. The lowest BCUT2D eigenvalue weighted by molar-refractivity contribution is -0.125. The fourth-order valence-corrected chi connectivity index (χ4v) is 4.60. The highest BCUT2D eigenvalue weighted by atomic mass is 35.5. The van der Waals surface area contributed by atoms with Crippen LogP contribution in [0.3, 0.4) is 0 Å². The molecule has 2 aliphatic rings. The van der Waals surface area contributed by atoms with Crippen LogP contribution < -0.4 is 5.32 Å². The number of benzene rings is 2. The quantitative estimate of drug-likeness (QED) is 0.648. The topological polar surface area (TPSA) is 58.1 Å². The number of amides is 1. The number of nitrogens with zero attached hydrogens (tertiary/aromatic N) is 3. The van der Waals surface area contributed by atoms with Crippen LogP contribution in [-0.2, 0) is 10.2 Å². The number of fused-ring (bicyclic) bond motifs is 2. The van der Waals surface area contributed by atoms with Crippen molar-refractivity contribution in [2.75, 3.05) is 18.4 Å². The molecule has 0 bridgehead atoms. The molecule has 1 amide bonds. The van der Waals surface area contributed by atoms with Crippen LogP contribution in [0.4, 0.5) is 15.9 Å². The summed E-state index contributed by atoms with van der Waals surface area (Å²) < 4.78 is 14.3. The van der Waals surface area contributed by atoms with E-state index in [1.54, 1.807) is 12.1 Å². The van der Waals surface area contributed by atoms with E-state index in [1.807, 2.05) is 11.0 Å². The second-order valence-corrected chi connectivity index (χ2v) is 8.07. The molecule has 1 saturated carbocycles. The highest BCUT2D eigenvalue weighted by molar-refractivity contribution is 6.31. The summed E-state index contributed by atoms with van der Waals surface area (Å²) in [4.78, 5) is 22.5. The molecule has 0 spiro atoms. The predicted molar refractivity (Wildman–Crippen MR) is 111 cm³/mol. The van der Waals surface area contributed by atoms with E-state index in [1.165, 1.54) is 18.5 Å². The molecule has 5 nitrogen and oxygen atoms in total. The van der Waals surface area contributed by atoms with Gasteiger partial charge in [-0.25, -0.2) is 14.4 Å². The van der Waals surface area contributed by atoms with Crippen molar-refractivity contribution < 1.29 is 9.18 Å². The summed E-state index contributed by atoms with van der Waals surface area (Å²) in [5.41, 5.74) is 2.15. The van der Waals surface area contributed by atoms with Gasteiger partial charge in [-0.1, -0.05) is 30.3 Å². The van der Waals surface area contributed by atoms with Gasteiger partial charge in [0.2, 0.25) is 5.91 Å². The Morgan fingerprint density at radius 3 is 3.03 bits per heavy atom. The lowest BCUT2D eigenvalue weighted by Gasteiger charge is -2.20. The van der Waals surface area contributed by atoms with E-state index in [9.17, 15) is 9.18 Å². The number of piperidine rings is 1. The van der Waals surface area contributed by atoms with Crippen molar-refractivity contribution in [3.05, 3.63) is 71.8 Å². The minimum atomic E-state index is -0.521. The second kappa shape index (κ2) is 6.52. The number of rotatable bonds is 4. The first-order valence-electron chi connectivity index (χ1n) is 9.39. The SMILES string of the molecule is C=CC(=O)N1CC2CC2(c2ccc3ncnc(Nc4cccc(Cl)c4F)c3c2)C1. The van der Waals surface area contributed by atoms with Crippen molar-refractivity contribution in [1.29, 1.82) is 0 Å². The van der Waals surface area contributed by atoms with Crippen molar-refractivity contribution in [3.8, 4) is 0 Å². The maximum Gasteiger partial charge on any atom is 0.245 e. The van der Waals surface area contributed by atoms with Gasteiger partial charge >= 0.3 is 0 Å². The summed E-state index contributed by atoms with van der Waals surface area (Å²) in [6.07, 6.45) is 3.87. The largest absolute Gasteiger partial charge is 0.338 e. The van der Waals surface area contributed by atoms with E-state index in [-0.39, 0.29) is 22.0 Å². The van der Waals surface area contributed by atoms with Gasteiger partial charge in [-0.2, -0.15) is 0 Å². The van der Waals surface area contributed by atoms with Crippen LogP contribution in [0.25, 0.3) is 10.9 Å². The Morgan fingerprint density at radius 1 is 1.34 bits per heavy atom. The smallest absolute Gasteiger partial charge is 0.245 e. The van der Waals surface area contributed by atoms with Gasteiger partial charge in [0.15, 0.2) is 5.82 Å². The third-order valence-corrected chi connectivity index (χ3v) is 6.34. The van der Waals surface area contributed by atoms with Crippen molar-refractivity contribution in [1.82, 2.24) is 14.9 Å². The third-order valence-electron chi connectivity index (χ3n) is 6.05. The highest BCUT2D eigenvalue weighted by Gasteiger charge is 2.61. The van der Waals surface area contributed by atoms with Gasteiger partial charge in [-0.3, -0.25) is 4.79 Å². The van der Waals surface area contributed by atoms with Crippen LogP contribution in [0.2, 0.25) is 5.02 Å². The number of carbonyl (C=O) groups excluding carboxylic acids is 1. The summed E-state index contributed by atoms with van der Waals surface area (Å²) >= 11 is 5.90. The zero-order valence-corrected chi connectivity index (χ0v) is 16.3. The first-order valence-corrected chi connectivity index (χ1v) is 9.77. The average Bonchev–Trinajstić information content (AvgIpc) is 3.31. The molecule has 1 saturated heterocycles. The molecule has 2 aromatic carbocycles. The van der Waals surface area contributed by atoms with E-state index in [0.717, 1.165) is 29.4 Å². The number of nitrogens with one attached hydrogen (secondary N) is 1. The molecule has 2 atom stereocenters. The minimum absolute atomic E-state index is 0.0265. The maximum atomic E-state index is 14.3. The van der Waals surface area contributed by atoms with Gasteiger partial charge in [0.1, 0.15) is 12.1 Å². The Morgan fingerprint density at radius 2 is 2.21 bits per heavy atom. The summed E-state index contributed by atoms with van der Waals surface area (Å²) in [5.74, 6) is 0.422. The molecule has 5 rings (SSSR count). The first kappa shape index (κ1) is 18.1. The van der Waals surface area contributed by atoms with Crippen molar-refractivity contribution in [2.45, 2.75) is 11.8 Å². The number of aromatic nitrogens is 2. The zero-order chi connectivity index (χ0) is 20.2. The Balaban J connectivity index is 1.53. The third kappa shape index (κ3) is 2.86. The molecule has 2 unspecified atom stereocenters. The molecular weight excluding hydrogens is 391 g/mol. The van der Waals surface area contributed by atoms with E-state index in [2.05, 4.69) is 34.0 Å². The molecule has 0 radical (unpaired) electrons. The van der Waals surface area contributed by atoms with Crippen molar-refractivity contribution in [2.24, 2.45) is 5.92 Å². The number of halogens is 2. The normalized spacial score (nSPS) is 22.4. The van der Waals surface area contributed by atoms with Crippen LogP contribution in [0.15, 0.2) is 55.4 Å². The fourth-order valence-electron chi connectivity index (χ4n) is 4.42. The van der Waals surface area contributed by atoms with Crippen LogP contribution in [0.5, 0.6) is 0 Å². The Hall–Kier alpha value is -2.99. The van der Waals surface area contributed by atoms with Gasteiger partial charge in [0.05, 0.1) is 16.2 Å². The molecular formula is C22H18ClFN4O. The predicted octanol–water partition coefficient (Wildman–Crippen LogP) is 4.45. The Labute approximate surface area is 172 Å². The summed E-state index contributed by atoms with van der Waals surface area (Å²) in [6, 6.07) is 10.9. The number of hydrogen-bond donors (Lipinski definition) is 1. The molecule has 29 heavy (non-hydrogen) atoms. The van der Waals surface area contributed by atoms with Gasteiger partial charge in [0, 0.05) is 23.9 Å². The Bertz CT molecular complexity index is 1170. The van der Waals surface area contributed by atoms with Gasteiger partial charge in [0.25, 0.3) is 0 Å². The molecule has 1 N–H and O–H groups in total. The average molecular weight is 409 g/mol. The molecule has 1 aromatic heterocycles. The number of hydrogen-bond acceptors (Lipinski definition) is 4. The van der Waals surface area contributed by atoms with Crippen LogP contribution >= 0.6 is 11.6 Å².